The van der Waals surface area contributed by atoms with E-state index in [0.717, 1.165) is 11.8 Å². The van der Waals surface area contributed by atoms with Crippen LogP contribution in [0.2, 0.25) is 0 Å². The van der Waals surface area contributed by atoms with E-state index in [1.807, 2.05) is 0 Å². The van der Waals surface area contributed by atoms with Crippen molar-refractivity contribution < 1.29 is 0 Å². The van der Waals surface area contributed by atoms with Gasteiger partial charge in [-0.1, -0.05) is 12.8 Å². The number of nitrogens with one attached hydrogen (secondary N) is 1. The summed E-state index contributed by atoms with van der Waals surface area (Å²) in [5, 5.41) is 3.84. The van der Waals surface area contributed by atoms with E-state index in [-0.39, 0.29) is 0 Å². The largest absolute Gasteiger partial charge is 0.302 e. The lowest BCUT2D eigenvalue weighted by molar-refractivity contribution is 0.105. The third-order valence-electron chi connectivity index (χ3n) is 4.27. The lowest BCUT2D eigenvalue weighted by atomic mass is 9.68. The molecule has 1 nitrogen and oxygen atoms in total. The fraction of sp³-hybridized carbons (Fsp3) is 1.00. The highest BCUT2D eigenvalue weighted by atomic mass is 32.2. The fourth-order valence-corrected chi connectivity index (χ4v) is 4.74. The van der Waals surface area contributed by atoms with Gasteiger partial charge < -0.3 is 5.32 Å². The first-order valence-electron chi connectivity index (χ1n) is 5.81. The smallest absolute Gasteiger partial charge is 0.0702 e. The van der Waals surface area contributed by atoms with Crippen molar-refractivity contribution in [3.63, 3.8) is 0 Å². The van der Waals surface area contributed by atoms with E-state index in [9.17, 15) is 0 Å². The summed E-state index contributed by atoms with van der Waals surface area (Å²) in [6.07, 6.45) is 8.96. The molecule has 0 aromatic heterocycles. The van der Waals surface area contributed by atoms with Gasteiger partial charge in [0.15, 0.2) is 0 Å². The van der Waals surface area contributed by atoms with Crippen molar-refractivity contribution >= 4 is 11.8 Å². The second-order valence-corrected chi connectivity index (χ2v) is 6.20. The van der Waals surface area contributed by atoms with Crippen molar-refractivity contribution in [2.24, 2.45) is 11.8 Å². The second-order valence-electron chi connectivity index (χ2n) is 4.82. The van der Waals surface area contributed by atoms with Crippen molar-refractivity contribution in [2.75, 3.05) is 12.3 Å². The lowest BCUT2D eigenvalue weighted by Crippen LogP contribution is -2.54. The third-order valence-corrected chi connectivity index (χ3v) is 5.96. The van der Waals surface area contributed by atoms with Crippen LogP contribution in [0.1, 0.15) is 38.5 Å². The predicted molar refractivity (Wildman–Crippen MR) is 57.9 cm³/mol. The molecule has 13 heavy (non-hydrogen) atoms. The molecule has 3 rings (SSSR count). The van der Waals surface area contributed by atoms with Gasteiger partial charge in [0, 0.05) is 12.3 Å². The Morgan fingerprint density at radius 3 is 1.92 bits per heavy atom. The topological polar surface area (TPSA) is 12.0 Å². The summed E-state index contributed by atoms with van der Waals surface area (Å²) in [7, 11) is 0. The zero-order valence-corrected chi connectivity index (χ0v) is 9.04. The minimum atomic E-state index is 0.552. The molecule has 0 spiro atoms. The van der Waals surface area contributed by atoms with Crippen molar-refractivity contribution in [3.8, 4) is 0 Å². The van der Waals surface area contributed by atoms with Gasteiger partial charge in [-0.05, 0) is 37.5 Å². The molecule has 1 saturated heterocycles. The summed E-state index contributed by atoms with van der Waals surface area (Å²) in [6.45, 7) is 1.26. The van der Waals surface area contributed by atoms with Crippen molar-refractivity contribution in [3.05, 3.63) is 0 Å². The van der Waals surface area contributed by atoms with Crippen LogP contribution in [0.4, 0.5) is 0 Å². The van der Waals surface area contributed by atoms with Crippen LogP contribution in [0.15, 0.2) is 0 Å². The lowest BCUT2D eigenvalue weighted by Gasteiger charge is -2.50. The van der Waals surface area contributed by atoms with Gasteiger partial charge in [0.05, 0.1) is 4.87 Å². The molecule has 0 aromatic carbocycles. The molecule has 0 unspecified atom stereocenters. The van der Waals surface area contributed by atoms with Crippen LogP contribution in [0.3, 0.4) is 0 Å². The van der Waals surface area contributed by atoms with Gasteiger partial charge in [-0.2, -0.15) is 0 Å². The van der Waals surface area contributed by atoms with Gasteiger partial charge >= 0.3 is 0 Å². The summed E-state index contributed by atoms with van der Waals surface area (Å²) in [4.78, 5) is 0.552. The van der Waals surface area contributed by atoms with Gasteiger partial charge in [-0.15, -0.1) is 11.8 Å². The second kappa shape index (κ2) is 3.16. The molecule has 1 aliphatic heterocycles. The average molecular weight is 197 g/mol. The van der Waals surface area contributed by atoms with Crippen LogP contribution >= 0.6 is 11.8 Å². The molecule has 2 aliphatic carbocycles. The van der Waals surface area contributed by atoms with Crippen molar-refractivity contribution in [1.29, 1.82) is 0 Å². The first-order valence-corrected chi connectivity index (χ1v) is 6.79. The van der Waals surface area contributed by atoms with E-state index in [4.69, 9.17) is 0 Å². The molecule has 3 fully saturated rings. The molecule has 2 heteroatoms. The molecule has 0 atom stereocenters. The average Bonchev–Trinajstić information content (AvgIpc) is 2.28. The minimum Gasteiger partial charge on any atom is -0.302 e. The van der Waals surface area contributed by atoms with E-state index in [0.29, 0.717) is 4.87 Å². The Labute approximate surface area is 85.0 Å². The fourth-order valence-electron chi connectivity index (χ4n) is 3.05. The Bertz CT molecular complexity index is 174. The maximum absolute atomic E-state index is 3.84. The Hall–Kier alpha value is 0.310. The van der Waals surface area contributed by atoms with Gasteiger partial charge in [0.1, 0.15) is 0 Å². The highest BCUT2D eigenvalue weighted by molar-refractivity contribution is 8.00. The molecule has 2 saturated carbocycles. The summed E-state index contributed by atoms with van der Waals surface area (Å²) < 4.78 is 0. The number of thioether (sulfide) groups is 1. The number of hydrogen-bond acceptors (Lipinski definition) is 2. The van der Waals surface area contributed by atoms with Crippen LogP contribution in [0.5, 0.6) is 0 Å². The van der Waals surface area contributed by atoms with Gasteiger partial charge in [-0.3, -0.25) is 0 Å². The highest BCUT2D eigenvalue weighted by Gasteiger charge is 2.51. The normalized spacial score (nSPS) is 34.2. The van der Waals surface area contributed by atoms with E-state index >= 15 is 0 Å². The molecule has 1 N–H and O–H groups in total. The SMILES string of the molecule is C1CC(C2(C3CCC3)NCCS2)C1. The van der Waals surface area contributed by atoms with Gasteiger partial charge in [-0.25, -0.2) is 0 Å². The standard InChI is InChI=1S/C11H19NS/c1-3-9(4-1)11(10-5-2-6-10)12-7-8-13-11/h9-10,12H,1-8H2. The zero-order chi connectivity index (χ0) is 8.73. The van der Waals surface area contributed by atoms with Crippen LogP contribution in [-0.2, 0) is 0 Å². The zero-order valence-electron chi connectivity index (χ0n) is 8.22. The Balaban J connectivity index is 1.77. The van der Waals surface area contributed by atoms with Crippen LogP contribution < -0.4 is 5.32 Å². The molecule has 1 heterocycles. The molecular formula is C11H19NS. The maximum atomic E-state index is 3.84. The predicted octanol–water partition coefficient (Wildman–Crippen LogP) is 2.62. The number of hydrogen-bond donors (Lipinski definition) is 1. The van der Waals surface area contributed by atoms with Gasteiger partial charge in [0.25, 0.3) is 0 Å². The first-order chi connectivity index (χ1) is 6.42. The molecule has 0 amide bonds. The summed E-state index contributed by atoms with van der Waals surface area (Å²) in [5.74, 6) is 3.39. The molecule has 3 aliphatic rings. The van der Waals surface area contributed by atoms with E-state index < -0.39 is 0 Å². The van der Waals surface area contributed by atoms with Crippen molar-refractivity contribution in [2.45, 2.75) is 43.4 Å². The van der Waals surface area contributed by atoms with Crippen molar-refractivity contribution in [1.82, 2.24) is 5.32 Å². The van der Waals surface area contributed by atoms with E-state index in [1.54, 1.807) is 0 Å². The van der Waals surface area contributed by atoms with Crippen LogP contribution in [0, 0.1) is 11.8 Å². The van der Waals surface area contributed by atoms with E-state index in [2.05, 4.69) is 17.1 Å². The quantitative estimate of drug-likeness (QED) is 0.730. The Morgan fingerprint density at radius 2 is 1.62 bits per heavy atom. The van der Waals surface area contributed by atoms with Crippen LogP contribution in [0.25, 0.3) is 0 Å². The molecule has 74 valence electrons. The van der Waals surface area contributed by atoms with Crippen LogP contribution in [-0.4, -0.2) is 17.2 Å². The Kier molecular flexibility index (Phi) is 2.09. The number of rotatable bonds is 2. The Morgan fingerprint density at radius 1 is 1.00 bits per heavy atom. The summed E-state index contributed by atoms with van der Waals surface area (Å²) in [5.41, 5.74) is 0. The summed E-state index contributed by atoms with van der Waals surface area (Å²) >= 11 is 2.25. The maximum Gasteiger partial charge on any atom is 0.0702 e. The van der Waals surface area contributed by atoms with Gasteiger partial charge in [0.2, 0.25) is 0 Å². The monoisotopic (exact) mass is 197 g/mol. The minimum absolute atomic E-state index is 0.552. The molecule has 0 radical (unpaired) electrons. The molecular weight excluding hydrogens is 178 g/mol. The first kappa shape index (κ1) is 8.60. The van der Waals surface area contributed by atoms with E-state index in [1.165, 1.54) is 50.8 Å². The third kappa shape index (κ3) is 1.18. The highest BCUT2D eigenvalue weighted by Crippen LogP contribution is 2.54. The molecule has 0 aromatic rings. The molecule has 0 bridgehead atoms. The summed E-state index contributed by atoms with van der Waals surface area (Å²) in [6, 6.07) is 0.